The monoisotopic (exact) mass is 374 g/mol. The zero-order valence-electron chi connectivity index (χ0n) is 12.7. The van der Waals surface area contributed by atoms with Crippen LogP contribution >= 0.6 is 15.9 Å². The number of aromatic nitrogens is 1. The Kier molecular flexibility index (Phi) is 3.77. The molecule has 120 valence electrons. The smallest absolute Gasteiger partial charge is 0.160 e. The van der Waals surface area contributed by atoms with Crippen molar-refractivity contribution in [1.29, 1.82) is 0 Å². The first kappa shape index (κ1) is 15.0. The molecule has 5 heteroatoms. The SMILES string of the molecule is Oc1ccc2c(c1O)CC(c1ccnc(Br)c1)C1CCNCC21. The predicted octanol–water partition coefficient (Wildman–Crippen LogP) is 3.29. The van der Waals surface area contributed by atoms with E-state index >= 15 is 0 Å². The van der Waals surface area contributed by atoms with E-state index < -0.39 is 0 Å². The molecule has 3 atom stereocenters. The summed E-state index contributed by atoms with van der Waals surface area (Å²) in [7, 11) is 0. The summed E-state index contributed by atoms with van der Waals surface area (Å²) in [6, 6.07) is 7.74. The average molecular weight is 375 g/mol. The van der Waals surface area contributed by atoms with Gasteiger partial charge in [-0.05, 0) is 76.5 Å². The number of phenolic OH excluding ortho intramolecular Hbond substituents is 2. The van der Waals surface area contributed by atoms with Crippen LogP contribution < -0.4 is 5.32 Å². The van der Waals surface area contributed by atoms with Crippen LogP contribution in [-0.4, -0.2) is 28.3 Å². The van der Waals surface area contributed by atoms with E-state index in [-0.39, 0.29) is 11.5 Å². The highest BCUT2D eigenvalue weighted by molar-refractivity contribution is 9.10. The van der Waals surface area contributed by atoms with Crippen molar-refractivity contribution in [2.45, 2.75) is 24.7 Å². The van der Waals surface area contributed by atoms with Crippen molar-refractivity contribution >= 4 is 15.9 Å². The number of rotatable bonds is 1. The first-order chi connectivity index (χ1) is 11.1. The highest BCUT2D eigenvalue weighted by Crippen LogP contribution is 2.50. The first-order valence-electron chi connectivity index (χ1n) is 8.01. The molecule has 1 fully saturated rings. The first-order valence-corrected chi connectivity index (χ1v) is 8.80. The fourth-order valence-electron chi connectivity index (χ4n) is 4.29. The molecule has 0 saturated carbocycles. The maximum absolute atomic E-state index is 10.4. The molecule has 4 nitrogen and oxygen atoms in total. The predicted molar refractivity (Wildman–Crippen MR) is 91.9 cm³/mol. The molecule has 3 N–H and O–H groups in total. The molecule has 2 aliphatic rings. The van der Waals surface area contributed by atoms with Crippen molar-refractivity contribution in [3.8, 4) is 11.5 Å². The maximum Gasteiger partial charge on any atom is 0.160 e. The van der Waals surface area contributed by atoms with Gasteiger partial charge in [0, 0.05) is 24.2 Å². The molecule has 1 aliphatic carbocycles. The highest BCUT2D eigenvalue weighted by atomic mass is 79.9. The lowest BCUT2D eigenvalue weighted by atomic mass is 9.64. The van der Waals surface area contributed by atoms with Crippen molar-refractivity contribution in [3.63, 3.8) is 0 Å². The third-order valence-electron chi connectivity index (χ3n) is 5.35. The second-order valence-corrected chi connectivity index (χ2v) is 7.30. The second-order valence-electron chi connectivity index (χ2n) is 6.49. The zero-order valence-corrected chi connectivity index (χ0v) is 14.3. The molecule has 1 aromatic carbocycles. The number of aromatic hydroxyl groups is 2. The van der Waals surface area contributed by atoms with Gasteiger partial charge in [-0.3, -0.25) is 0 Å². The summed E-state index contributed by atoms with van der Waals surface area (Å²) in [5.74, 6) is 1.27. The molecule has 0 amide bonds. The molecule has 1 aromatic heterocycles. The Labute approximate surface area is 143 Å². The van der Waals surface area contributed by atoms with E-state index in [9.17, 15) is 10.2 Å². The van der Waals surface area contributed by atoms with E-state index in [1.807, 2.05) is 12.3 Å². The fraction of sp³-hybridized carbons (Fsp3) is 0.389. The summed E-state index contributed by atoms with van der Waals surface area (Å²) in [5.41, 5.74) is 3.33. The third kappa shape index (κ3) is 2.52. The van der Waals surface area contributed by atoms with Crippen molar-refractivity contribution in [2.75, 3.05) is 13.1 Å². The summed E-state index contributed by atoms with van der Waals surface area (Å²) >= 11 is 3.46. The van der Waals surface area contributed by atoms with Gasteiger partial charge in [0.2, 0.25) is 0 Å². The Bertz CT molecular complexity index is 750. The number of hydrogen-bond acceptors (Lipinski definition) is 4. The minimum atomic E-state index is -0.0272. The largest absolute Gasteiger partial charge is 0.504 e. The molecular formula is C18H19BrN2O2. The van der Waals surface area contributed by atoms with E-state index in [1.165, 1.54) is 11.1 Å². The summed E-state index contributed by atoms with van der Waals surface area (Å²) in [5, 5.41) is 23.7. The molecule has 3 unspecified atom stereocenters. The topological polar surface area (TPSA) is 65.4 Å². The molecule has 0 bridgehead atoms. The maximum atomic E-state index is 10.4. The number of piperidine rings is 1. The van der Waals surface area contributed by atoms with Crippen molar-refractivity contribution in [3.05, 3.63) is 51.8 Å². The summed E-state index contributed by atoms with van der Waals surface area (Å²) < 4.78 is 0.839. The molecular weight excluding hydrogens is 356 g/mol. The number of benzene rings is 1. The highest BCUT2D eigenvalue weighted by Gasteiger charge is 2.40. The van der Waals surface area contributed by atoms with Crippen LogP contribution in [-0.2, 0) is 6.42 Å². The van der Waals surface area contributed by atoms with Gasteiger partial charge < -0.3 is 15.5 Å². The van der Waals surface area contributed by atoms with Gasteiger partial charge in [-0.1, -0.05) is 6.07 Å². The number of hydrogen-bond donors (Lipinski definition) is 3. The second kappa shape index (κ2) is 5.80. The van der Waals surface area contributed by atoms with E-state index in [0.29, 0.717) is 17.8 Å². The minimum Gasteiger partial charge on any atom is -0.504 e. The number of nitrogens with one attached hydrogen (secondary N) is 1. The summed E-state index contributed by atoms with van der Waals surface area (Å²) in [6.45, 7) is 1.95. The Morgan fingerprint density at radius 3 is 2.87 bits per heavy atom. The number of fused-ring (bicyclic) bond motifs is 3. The average Bonchev–Trinajstić information content (AvgIpc) is 2.57. The van der Waals surface area contributed by atoms with Crippen molar-refractivity contribution < 1.29 is 10.2 Å². The van der Waals surface area contributed by atoms with Crippen LogP contribution in [0.25, 0.3) is 0 Å². The van der Waals surface area contributed by atoms with Gasteiger partial charge in [-0.15, -0.1) is 0 Å². The van der Waals surface area contributed by atoms with Crippen LogP contribution in [0.3, 0.4) is 0 Å². The Balaban J connectivity index is 1.83. The normalized spacial score (nSPS) is 26.4. The van der Waals surface area contributed by atoms with Crippen LogP contribution in [0.2, 0.25) is 0 Å². The quantitative estimate of drug-likeness (QED) is 0.529. The van der Waals surface area contributed by atoms with Gasteiger partial charge in [-0.2, -0.15) is 0 Å². The summed E-state index contributed by atoms with van der Waals surface area (Å²) in [6.07, 6.45) is 3.71. The van der Waals surface area contributed by atoms with Crippen LogP contribution in [0, 0.1) is 5.92 Å². The molecule has 2 aromatic rings. The van der Waals surface area contributed by atoms with E-state index in [2.05, 4.69) is 38.4 Å². The molecule has 23 heavy (non-hydrogen) atoms. The molecule has 1 saturated heterocycles. The summed E-state index contributed by atoms with van der Waals surface area (Å²) in [4.78, 5) is 4.23. The van der Waals surface area contributed by atoms with E-state index in [0.717, 1.165) is 36.1 Å². The van der Waals surface area contributed by atoms with Gasteiger partial charge in [0.1, 0.15) is 4.60 Å². The third-order valence-corrected chi connectivity index (χ3v) is 5.79. The van der Waals surface area contributed by atoms with Crippen LogP contribution in [0.15, 0.2) is 35.1 Å². The van der Waals surface area contributed by atoms with Crippen LogP contribution in [0.4, 0.5) is 0 Å². The number of phenols is 2. The van der Waals surface area contributed by atoms with Gasteiger partial charge in [0.05, 0.1) is 0 Å². The Morgan fingerprint density at radius 1 is 1.17 bits per heavy atom. The lowest BCUT2D eigenvalue weighted by molar-refractivity contribution is 0.253. The van der Waals surface area contributed by atoms with Crippen LogP contribution in [0.1, 0.15) is 34.9 Å². The van der Waals surface area contributed by atoms with Crippen molar-refractivity contribution in [2.24, 2.45) is 5.92 Å². The van der Waals surface area contributed by atoms with Gasteiger partial charge in [0.15, 0.2) is 11.5 Å². The van der Waals surface area contributed by atoms with Crippen molar-refractivity contribution in [1.82, 2.24) is 10.3 Å². The Hall–Kier alpha value is -1.59. The number of halogens is 1. The van der Waals surface area contributed by atoms with Crippen LogP contribution in [0.5, 0.6) is 11.5 Å². The number of nitrogens with zero attached hydrogens (tertiary/aromatic N) is 1. The van der Waals surface area contributed by atoms with Gasteiger partial charge in [0.25, 0.3) is 0 Å². The zero-order chi connectivity index (χ0) is 16.0. The van der Waals surface area contributed by atoms with E-state index in [1.54, 1.807) is 6.07 Å². The lowest BCUT2D eigenvalue weighted by Crippen LogP contribution is -2.41. The minimum absolute atomic E-state index is 0.0272. The van der Waals surface area contributed by atoms with Gasteiger partial charge >= 0.3 is 0 Å². The molecule has 2 heterocycles. The number of pyridine rings is 1. The fourth-order valence-corrected chi connectivity index (χ4v) is 4.67. The van der Waals surface area contributed by atoms with Gasteiger partial charge in [-0.25, -0.2) is 4.98 Å². The van der Waals surface area contributed by atoms with E-state index in [4.69, 9.17) is 0 Å². The Morgan fingerprint density at radius 2 is 2.04 bits per heavy atom. The molecule has 1 aliphatic heterocycles. The standard InChI is InChI=1S/C18H19BrN2O2/c19-17-7-10(3-6-21-17)13-8-14-11(1-2-16(22)18(14)23)15-9-20-5-4-12(13)15/h1-3,6-7,12-13,15,20,22-23H,4-5,8-9H2. The lowest BCUT2D eigenvalue weighted by Gasteiger charge is -2.43. The molecule has 0 spiro atoms. The molecule has 4 rings (SSSR count). The molecule has 0 radical (unpaired) electrons.